The predicted octanol–water partition coefficient (Wildman–Crippen LogP) is 7.47. The first kappa shape index (κ1) is 26.3. The Morgan fingerprint density at radius 1 is 0.476 bits per heavy atom. The molecule has 0 saturated heterocycles. The van der Waals surface area contributed by atoms with Crippen LogP contribution in [0.3, 0.4) is 0 Å². The molecule has 0 bridgehead atoms. The van der Waals surface area contributed by atoms with E-state index in [1.165, 1.54) is 0 Å². The van der Waals surface area contributed by atoms with Gasteiger partial charge in [-0.25, -0.2) is 0 Å². The molecule has 0 atom stereocenters. The largest absolute Gasteiger partial charge is 2.00 e. The van der Waals surface area contributed by atoms with Crippen LogP contribution in [0, 0.1) is 0 Å². The zero-order chi connectivity index (χ0) is 17.1. The van der Waals surface area contributed by atoms with Crippen LogP contribution < -0.4 is 0 Å². The second-order valence-corrected chi connectivity index (χ2v) is 6.77. The van der Waals surface area contributed by atoms with Crippen LogP contribution in [0.4, 0.5) is 50.4 Å². The normalized spacial score (nSPS) is 17.7. The topological polar surface area (TPSA) is 12.9 Å². The van der Waals surface area contributed by atoms with Gasteiger partial charge in [0.2, 0.25) is 0 Å². The van der Waals surface area contributed by atoms with E-state index in [2.05, 4.69) is 4.98 Å². The molecule has 0 saturated carbocycles. The number of pyridine rings is 1. The molecule has 126 valence electrons. The van der Waals surface area contributed by atoms with Crippen LogP contribution >= 0.6 is 15.6 Å². The zero-order valence-corrected chi connectivity index (χ0v) is 13.5. The van der Waals surface area contributed by atoms with Crippen molar-refractivity contribution in [3.63, 3.8) is 0 Å². The third-order valence-corrected chi connectivity index (χ3v) is 0.566. The van der Waals surface area contributed by atoms with Crippen molar-refractivity contribution in [3.8, 4) is 0 Å². The third-order valence-electron chi connectivity index (χ3n) is 0.566. The van der Waals surface area contributed by atoms with Gasteiger partial charge in [0.25, 0.3) is 0 Å². The molecule has 0 unspecified atom stereocenters. The maximum Gasteiger partial charge on any atom is 2.00 e. The number of nitrogens with zero attached hydrogens (tertiary/aromatic N) is 1. The number of halogens is 12. The van der Waals surface area contributed by atoms with Crippen molar-refractivity contribution < 1.29 is 50.4 Å². The number of hydrogen-bond acceptors (Lipinski definition) is 1. The van der Waals surface area contributed by atoms with Gasteiger partial charge in [0, 0.05) is 12.4 Å². The van der Waals surface area contributed by atoms with Crippen LogP contribution in [0.5, 0.6) is 0 Å². The average molecular weight is 409 g/mol. The summed E-state index contributed by atoms with van der Waals surface area (Å²) in [5.41, 5.74) is 0. The van der Waals surface area contributed by atoms with E-state index in [-0.39, 0.29) is 37.7 Å². The van der Waals surface area contributed by atoms with E-state index in [0.29, 0.717) is 0 Å². The van der Waals surface area contributed by atoms with Crippen molar-refractivity contribution in [3.05, 3.63) is 30.6 Å². The smallest absolute Gasteiger partial charge is 0.265 e. The zero-order valence-electron chi connectivity index (χ0n) is 9.47. The minimum absolute atomic E-state index is 0. The standard InChI is InChI=1S/C5H5N.Ca.2F6P/c1-2-4-6-5-3-1;;2*1-7(2,3,4,5)6/h1-5H;;;/q;+2;2*-1. The summed E-state index contributed by atoms with van der Waals surface area (Å²) >= 11 is 0. The van der Waals surface area contributed by atoms with Gasteiger partial charge in [0.1, 0.15) is 0 Å². The molecule has 0 radical (unpaired) electrons. The van der Waals surface area contributed by atoms with E-state index in [1.807, 2.05) is 18.2 Å². The van der Waals surface area contributed by atoms with Crippen molar-refractivity contribution in [2.75, 3.05) is 0 Å². The Morgan fingerprint density at radius 2 is 0.667 bits per heavy atom. The summed E-state index contributed by atoms with van der Waals surface area (Å²) in [6.07, 6.45) is 3.50. The third kappa shape index (κ3) is 168. The summed E-state index contributed by atoms with van der Waals surface area (Å²) < 4.78 is 118. The molecule has 0 aliphatic heterocycles. The summed E-state index contributed by atoms with van der Waals surface area (Å²) in [5.74, 6) is 0. The minimum atomic E-state index is -10.7. The molecule has 0 aliphatic rings. The van der Waals surface area contributed by atoms with E-state index >= 15 is 0 Å². The molecule has 0 spiro atoms. The minimum Gasteiger partial charge on any atom is -0.265 e. The maximum absolute atomic E-state index is 10.7. The van der Waals surface area contributed by atoms with Gasteiger partial charge in [-0.2, -0.15) is 0 Å². The number of rotatable bonds is 0. The molecular formula is C5H5CaF12NP2. The molecule has 1 heterocycles. The summed E-state index contributed by atoms with van der Waals surface area (Å²) in [7, 11) is -21.3. The summed E-state index contributed by atoms with van der Waals surface area (Å²) in [6.45, 7) is 0. The molecule has 0 fully saturated rings. The summed E-state index contributed by atoms with van der Waals surface area (Å²) in [5, 5.41) is 0. The van der Waals surface area contributed by atoms with Crippen molar-refractivity contribution in [1.29, 1.82) is 0 Å². The number of hydrogen-bond donors (Lipinski definition) is 0. The predicted molar refractivity (Wildman–Crippen MR) is 57.1 cm³/mol. The van der Waals surface area contributed by atoms with Crippen LogP contribution in [-0.2, 0) is 0 Å². The quantitative estimate of drug-likeness (QED) is 0.246. The molecule has 1 aromatic rings. The van der Waals surface area contributed by atoms with E-state index in [1.54, 1.807) is 12.4 Å². The molecule has 1 aromatic heterocycles. The molecule has 21 heavy (non-hydrogen) atoms. The Kier molecular flexibility index (Phi) is 7.29. The Bertz CT molecular complexity index is 340. The second-order valence-electron chi connectivity index (χ2n) is 2.94. The molecule has 0 N–H and O–H groups in total. The molecule has 0 aliphatic carbocycles. The summed E-state index contributed by atoms with van der Waals surface area (Å²) in [4.78, 5) is 3.78. The first-order valence-corrected chi connectivity index (χ1v) is 7.93. The Morgan fingerprint density at radius 3 is 0.714 bits per heavy atom. The fourth-order valence-electron chi connectivity index (χ4n) is 0.313. The van der Waals surface area contributed by atoms with Crippen LogP contribution in [-0.4, -0.2) is 42.7 Å². The Balaban J connectivity index is -0.000000226. The Labute approximate surface area is 139 Å². The Hall–Kier alpha value is 0.430. The van der Waals surface area contributed by atoms with Gasteiger partial charge in [-0.1, -0.05) is 6.07 Å². The van der Waals surface area contributed by atoms with Gasteiger partial charge < -0.3 is 0 Å². The van der Waals surface area contributed by atoms with Crippen molar-refractivity contribution >= 4 is 53.4 Å². The fraction of sp³-hybridized carbons (Fsp3) is 0. The average Bonchev–Trinajstić information content (AvgIpc) is 1.95. The van der Waals surface area contributed by atoms with Crippen molar-refractivity contribution in [1.82, 2.24) is 4.98 Å². The molecule has 0 amide bonds. The van der Waals surface area contributed by atoms with Crippen LogP contribution in [0.25, 0.3) is 0 Å². The van der Waals surface area contributed by atoms with Gasteiger partial charge in [0.15, 0.2) is 0 Å². The molecular weight excluding hydrogens is 404 g/mol. The van der Waals surface area contributed by atoms with Crippen molar-refractivity contribution in [2.24, 2.45) is 0 Å². The maximum atomic E-state index is 9.87. The van der Waals surface area contributed by atoms with Crippen LogP contribution in [0.15, 0.2) is 30.6 Å². The molecule has 1 rings (SSSR count). The molecule has 16 heteroatoms. The number of aromatic nitrogens is 1. The van der Waals surface area contributed by atoms with Gasteiger partial charge >= 0.3 is 104 Å². The SMILES string of the molecule is F[P-](F)(F)(F)(F)F.F[P-](F)(F)(F)(F)F.[Ca+2].c1ccncc1. The molecule has 0 aromatic carbocycles. The van der Waals surface area contributed by atoms with E-state index in [4.69, 9.17) is 0 Å². The van der Waals surface area contributed by atoms with Crippen LogP contribution in [0.2, 0.25) is 0 Å². The monoisotopic (exact) mass is 409 g/mol. The second kappa shape index (κ2) is 5.81. The van der Waals surface area contributed by atoms with E-state index in [0.717, 1.165) is 0 Å². The molecule has 1 nitrogen and oxygen atoms in total. The first-order valence-electron chi connectivity index (χ1n) is 3.88. The summed E-state index contributed by atoms with van der Waals surface area (Å²) in [6, 6.07) is 5.72. The van der Waals surface area contributed by atoms with Gasteiger partial charge in [-0.15, -0.1) is 0 Å². The van der Waals surface area contributed by atoms with Gasteiger partial charge in [-0.05, 0) is 12.1 Å². The van der Waals surface area contributed by atoms with Gasteiger partial charge in [-0.3, -0.25) is 4.98 Å². The van der Waals surface area contributed by atoms with E-state index in [9.17, 15) is 50.4 Å². The van der Waals surface area contributed by atoms with Gasteiger partial charge in [0.05, 0.1) is 0 Å². The van der Waals surface area contributed by atoms with Crippen molar-refractivity contribution in [2.45, 2.75) is 0 Å². The van der Waals surface area contributed by atoms with Crippen LogP contribution in [0.1, 0.15) is 0 Å². The first-order chi connectivity index (χ1) is 7.90. The van der Waals surface area contributed by atoms with E-state index < -0.39 is 15.6 Å². The fourth-order valence-corrected chi connectivity index (χ4v) is 0.313.